The first-order valence-electron chi connectivity index (χ1n) is 6.83. The van der Waals surface area contributed by atoms with Crippen LogP contribution in [0.15, 0.2) is 18.2 Å². The first-order chi connectivity index (χ1) is 9.11. The van der Waals surface area contributed by atoms with Crippen LogP contribution in [0.2, 0.25) is 0 Å². The van der Waals surface area contributed by atoms with Gasteiger partial charge in [0.05, 0.1) is 13.0 Å². The lowest BCUT2D eigenvalue weighted by Gasteiger charge is -2.27. The minimum absolute atomic E-state index is 0.00713. The van der Waals surface area contributed by atoms with E-state index in [1.165, 1.54) is 0 Å². The first kappa shape index (κ1) is 13.9. The van der Waals surface area contributed by atoms with Gasteiger partial charge in [0, 0.05) is 11.7 Å². The van der Waals surface area contributed by atoms with Crippen LogP contribution >= 0.6 is 0 Å². The second-order valence-corrected chi connectivity index (χ2v) is 5.22. The summed E-state index contributed by atoms with van der Waals surface area (Å²) in [6.45, 7) is 1.96. The quantitative estimate of drug-likeness (QED) is 0.879. The molecule has 1 saturated carbocycles. The number of hydrogen-bond acceptors (Lipinski definition) is 3. The molecule has 1 aliphatic carbocycles. The summed E-state index contributed by atoms with van der Waals surface area (Å²) in [5.74, 6) is 0.778. The predicted octanol–water partition coefficient (Wildman–Crippen LogP) is 2.46. The molecule has 3 N–H and O–H groups in total. The van der Waals surface area contributed by atoms with Crippen molar-refractivity contribution < 1.29 is 9.53 Å². The lowest BCUT2D eigenvalue weighted by atomic mass is 9.84. The Bertz CT molecular complexity index is 459. The highest BCUT2D eigenvalue weighted by Crippen LogP contribution is 2.26. The van der Waals surface area contributed by atoms with Gasteiger partial charge in [0.2, 0.25) is 5.91 Å². The first-order valence-corrected chi connectivity index (χ1v) is 6.83. The third-order valence-corrected chi connectivity index (χ3v) is 3.85. The van der Waals surface area contributed by atoms with Crippen LogP contribution in [0.3, 0.4) is 0 Å². The van der Waals surface area contributed by atoms with Crippen molar-refractivity contribution in [2.45, 2.75) is 38.6 Å². The minimum Gasteiger partial charge on any atom is -0.497 e. The molecular formula is C15H22N2O2. The van der Waals surface area contributed by atoms with E-state index < -0.39 is 0 Å². The van der Waals surface area contributed by atoms with Crippen molar-refractivity contribution in [2.24, 2.45) is 11.7 Å². The number of aryl methyl sites for hydroxylation is 1. The summed E-state index contributed by atoms with van der Waals surface area (Å²) in [4.78, 5) is 12.3. The Morgan fingerprint density at radius 1 is 1.37 bits per heavy atom. The molecule has 1 aliphatic rings. The third kappa shape index (κ3) is 3.26. The molecule has 2 rings (SSSR count). The average Bonchev–Trinajstić information content (AvgIpc) is 2.41. The van der Waals surface area contributed by atoms with Crippen LogP contribution < -0.4 is 15.8 Å². The molecule has 1 aromatic carbocycles. The maximum Gasteiger partial charge on any atom is 0.229 e. The number of carbonyl (C=O) groups is 1. The maximum atomic E-state index is 12.3. The Morgan fingerprint density at radius 2 is 2.11 bits per heavy atom. The van der Waals surface area contributed by atoms with E-state index in [0.717, 1.165) is 42.7 Å². The van der Waals surface area contributed by atoms with Crippen molar-refractivity contribution in [2.75, 3.05) is 12.4 Å². The highest BCUT2D eigenvalue weighted by Gasteiger charge is 2.28. The molecule has 0 heterocycles. The fourth-order valence-electron chi connectivity index (χ4n) is 2.61. The van der Waals surface area contributed by atoms with Gasteiger partial charge >= 0.3 is 0 Å². The zero-order valence-corrected chi connectivity index (χ0v) is 11.6. The fourth-order valence-corrected chi connectivity index (χ4v) is 2.61. The molecule has 1 aromatic rings. The number of nitrogens with one attached hydrogen (secondary N) is 1. The van der Waals surface area contributed by atoms with Crippen LogP contribution in [0.5, 0.6) is 5.75 Å². The van der Waals surface area contributed by atoms with E-state index in [9.17, 15) is 4.79 Å². The molecule has 0 radical (unpaired) electrons. The van der Waals surface area contributed by atoms with E-state index >= 15 is 0 Å². The molecule has 0 aliphatic heterocycles. The summed E-state index contributed by atoms with van der Waals surface area (Å²) in [5.41, 5.74) is 7.87. The summed E-state index contributed by atoms with van der Waals surface area (Å²) < 4.78 is 5.16. The summed E-state index contributed by atoms with van der Waals surface area (Å²) in [6.07, 6.45) is 4.06. The Balaban J connectivity index is 2.06. The van der Waals surface area contributed by atoms with Crippen LogP contribution in [-0.4, -0.2) is 19.1 Å². The molecule has 1 fully saturated rings. The number of amides is 1. The van der Waals surface area contributed by atoms with E-state index in [1.54, 1.807) is 7.11 Å². The zero-order valence-electron chi connectivity index (χ0n) is 11.6. The number of hydrogen-bond donors (Lipinski definition) is 2. The van der Waals surface area contributed by atoms with Gasteiger partial charge in [-0.05, 0) is 43.5 Å². The molecule has 4 heteroatoms. The number of benzene rings is 1. The molecule has 0 spiro atoms. The fraction of sp³-hybridized carbons (Fsp3) is 0.533. The van der Waals surface area contributed by atoms with E-state index in [2.05, 4.69) is 5.32 Å². The molecule has 2 unspecified atom stereocenters. The summed E-state index contributed by atoms with van der Waals surface area (Å²) in [6, 6.07) is 5.63. The Morgan fingerprint density at radius 3 is 2.74 bits per heavy atom. The smallest absolute Gasteiger partial charge is 0.229 e. The van der Waals surface area contributed by atoms with Gasteiger partial charge in [-0.3, -0.25) is 4.79 Å². The van der Waals surface area contributed by atoms with E-state index in [-0.39, 0.29) is 17.9 Å². The Kier molecular flexibility index (Phi) is 4.43. The standard InChI is InChI=1S/C15H22N2O2/c1-10-9-11(19-2)7-8-14(10)17-15(18)12-5-3-4-6-13(12)16/h7-9,12-13H,3-6,16H2,1-2H3,(H,17,18). The molecule has 0 saturated heterocycles. The normalized spacial score (nSPS) is 22.9. The van der Waals surface area contributed by atoms with Crippen LogP contribution in [0.1, 0.15) is 31.2 Å². The van der Waals surface area contributed by atoms with Crippen molar-refractivity contribution in [3.63, 3.8) is 0 Å². The van der Waals surface area contributed by atoms with Crippen molar-refractivity contribution in [1.29, 1.82) is 0 Å². The number of methoxy groups -OCH3 is 1. The Hall–Kier alpha value is -1.55. The van der Waals surface area contributed by atoms with E-state index in [0.29, 0.717) is 0 Å². The van der Waals surface area contributed by atoms with Crippen molar-refractivity contribution in [3.05, 3.63) is 23.8 Å². The number of rotatable bonds is 3. The van der Waals surface area contributed by atoms with Crippen LogP contribution in [0.25, 0.3) is 0 Å². The molecular weight excluding hydrogens is 240 g/mol. The summed E-state index contributed by atoms with van der Waals surface area (Å²) >= 11 is 0. The second-order valence-electron chi connectivity index (χ2n) is 5.22. The van der Waals surface area contributed by atoms with Crippen molar-refractivity contribution in [3.8, 4) is 5.75 Å². The minimum atomic E-state index is -0.0600. The van der Waals surface area contributed by atoms with Crippen molar-refractivity contribution >= 4 is 11.6 Å². The van der Waals surface area contributed by atoms with Gasteiger partial charge in [-0.15, -0.1) is 0 Å². The second kappa shape index (κ2) is 6.06. The molecule has 104 valence electrons. The molecule has 19 heavy (non-hydrogen) atoms. The zero-order chi connectivity index (χ0) is 13.8. The van der Waals surface area contributed by atoms with Gasteiger partial charge in [0.25, 0.3) is 0 Å². The lowest BCUT2D eigenvalue weighted by Crippen LogP contribution is -2.40. The third-order valence-electron chi connectivity index (χ3n) is 3.85. The molecule has 4 nitrogen and oxygen atoms in total. The topological polar surface area (TPSA) is 64.3 Å². The number of nitrogens with two attached hydrogens (primary N) is 1. The van der Waals surface area contributed by atoms with Gasteiger partial charge in [-0.25, -0.2) is 0 Å². The van der Waals surface area contributed by atoms with Gasteiger partial charge in [-0.1, -0.05) is 12.8 Å². The van der Waals surface area contributed by atoms with Crippen LogP contribution in [0, 0.1) is 12.8 Å². The highest BCUT2D eigenvalue weighted by molar-refractivity contribution is 5.93. The van der Waals surface area contributed by atoms with Gasteiger partial charge in [0.15, 0.2) is 0 Å². The lowest BCUT2D eigenvalue weighted by molar-refractivity contribution is -0.121. The molecule has 1 amide bonds. The van der Waals surface area contributed by atoms with Crippen LogP contribution in [-0.2, 0) is 4.79 Å². The maximum absolute atomic E-state index is 12.3. The molecule has 0 aromatic heterocycles. The number of anilines is 1. The number of ether oxygens (including phenoxy) is 1. The largest absolute Gasteiger partial charge is 0.497 e. The number of carbonyl (C=O) groups excluding carboxylic acids is 1. The Labute approximate surface area is 114 Å². The van der Waals surface area contributed by atoms with Gasteiger partial charge < -0.3 is 15.8 Å². The van der Waals surface area contributed by atoms with Gasteiger partial charge in [-0.2, -0.15) is 0 Å². The highest BCUT2D eigenvalue weighted by atomic mass is 16.5. The monoisotopic (exact) mass is 262 g/mol. The van der Waals surface area contributed by atoms with E-state index in [1.807, 2.05) is 25.1 Å². The molecule has 0 bridgehead atoms. The summed E-state index contributed by atoms with van der Waals surface area (Å²) in [5, 5.41) is 2.99. The van der Waals surface area contributed by atoms with Gasteiger partial charge in [0.1, 0.15) is 5.75 Å². The van der Waals surface area contributed by atoms with E-state index in [4.69, 9.17) is 10.5 Å². The predicted molar refractivity (Wildman–Crippen MR) is 76.3 cm³/mol. The summed E-state index contributed by atoms with van der Waals surface area (Å²) in [7, 11) is 1.63. The molecule has 2 atom stereocenters. The average molecular weight is 262 g/mol. The van der Waals surface area contributed by atoms with Crippen LogP contribution in [0.4, 0.5) is 5.69 Å². The SMILES string of the molecule is COc1ccc(NC(=O)C2CCCCC2N)c(C)c1. The van der Waals surface area contributed by atoms with Crippen molar-refractivity contribution in [1.82, 2.24) is 0 Å².